The zero-order valence-electron chi connectivity index (χ0n) is 7.04. The molecular weight excluding hydrogens is 212 g/mol. The summed E-state index contributed by atoms with van der Waals surface area (Å²) in [4.78, 5) is 0. The van der Waals surface area contributed by atoms with Gasteiger partial charge in [0.15, 0.2) is 0 Å². The van der Waals surface area contributed by atoms with Crippen LogP contribution >= 0.6 is 15.9 Å². The molecule has 0 bridgehead atoms. The summed E-state index contributed by atoms with van der Waals surface area (Å²) in [6.07, 6.45) is 2.73. The Morgan fingerprint density at radius 3 is 2.67 bits per heavy atom. The van der Waals surface area contributed by atoms with Crippen molar-refractivity contribution in [2.24, 2.45) is 5.92 Å². The van der Waals surface area contributed by atoms with E-state index in [0.29, 0.717) is 0 Å². The van der Waals surface area contributed by atoms with Gasteiger partial charge in [0.2, 0.25) is 0 Å². The van der Waals surface area contributed by atoms with E-state index >= 15 is 0 Å². The molecule has 0 spiro atoms. The van der Waals surface area contributed by atoms with Gasteiger partial charge in [-0.3, -0.25) is 0 Å². The summed E-state index contributed by atoms with van der Waals surface area (Å²) >= 11 is 3.49. The molecule has 1 aliphatic carbocycles. The van der Waals surface area contributed by atoms with Gasteiger partial charge in [-0.25, -0.2) is 0 Å². The fraction of sp³-hybridized carbons (Fsp3) is 0.455. The Bertz CT molecular complexity index is 242. The monoisotopic (exact) mass is 224 g/mol. The van der Waals surface area contributed by atoms with Crippen molar-refractivity contribution >= 4 is 15.9 Å². The van der Waals surface area contributed by atoms with Crippen LogP contribution < -0.4 is 0 Å². The molecule has 1 saturated carbocycles. The maximum absolute atomic E-state index is 3.49. The van der Waals surface area contributed by atoms with Crippen LogP contribution in [0.4, 0.5) is 0 Å². The zero-order chi connectivity index (χ0) is 8.39. The predicted octanol–water partition coefficient (Wildman–Crippen LogP) is 3.58. The molecule has 0 radical (unpaired) electrons. The third kappa shape index (κ3) is 1.71. The van der Waals surface area contributed by atoms with Crippen LogP contribution in [0.15, 0.2) is 30.3 Å². The minimum Gasteiger partial charge on any atom is -0.0928 e. The molecule has 0 nitrogen and oxygen atoms in total. The van der Waals surface area contributed by atoms with Gasteiger partial charge < -0.3 is 0 Å². The van der Waals surface area contributed by atoms with Crippen molar-refractivity contribution in [2.45, 2.75) is 18.8 Å². The number of halogens is 1. The van der Waals surface area contributed by atoms with Gasteiger partial charge >= 0.3 is 0 Å². The average molecular weight is 225 g/mol. The van der Waals surface area contributed by atoms with Gasteiger partial charge in [-0.05, 0) is 30.2 Å². The lowest BCUT2D eigenvalue weighted by Crippen LogP contribution is -1.83. The molecule has 1 heteroatoms. The van der Waals surface area contributed by atoms with Crippen LogP contribution in [-0.2, 0) is 0 Å². The van der Waals surface area contributed by atoms with Crippen molar-refractivity contribution in [1.82, 2.24) is 0 Å². The lowest BCUT2D eigenvalue weighted by molar-refractivity contribution is 0.778. The van der Waals surface area contributed by atoms with Gasteiger partial charge in [0, 0.05) is 5.33 Å². The largest absolute Gasteiger partial charge is 0.0928 e. The Morgan fingerprint density at radius 1 is 1.25 bits per heavy atom. The average Bonchev–Trinajstić information content (AvgIpc) is 2.87. The van der Waals surface area contributed by atoms with E-state index in [-0.39, 0.29) is 0 Å². The Morgan fingerprint density at radius 2 is 2.00 bits per heavy atom. The van der Waals surface area contributed by atoms with Gasteiger partial charge in [-0.1, -0.05) is 46.3 Å². The number of alkyl halides is 1. The van der Waals surface area contributed by atoms with Crippen molar-refractivity contribution < 1.29 is 0 Å². The Hall–Kier alpha value is -0.300. The van der Waals surface area contributed by atoms with E-state index in [1.807, 2.05) is 0 Å². The molecule has 0 N–H and O–H groups in total. The molecule has 1 aromatic carbocycles. The molecule has 1 aromatic rings. The van der Waals surface area contributed by atoms with E-state index in [9.17, 15) is 0 Å². The van der Waals surface area contributed by atoms with Crippen LogP contribution in [0.3, 0.4) is 0 Å². The summed E-state index contributed by atoms with van der Waals surface area (Å²) in [5.74, 6) is 1.82. The van der Waals surface area contributed by atoms with Crippen molar-refractivity contribution in [3.63, 3.8) is 0 Å². The normalized spacial score (nSPS) is 27.1. The van der Waals surface area contributed by atoms with Crippen molar-refractivity contribution in [3.8, 4) is 0 Å². The standard InChI is InChI=1S/C11H13Br/c12-7-6-10-8-11(10)9-4-2-1-3-5-9/h1-5,10-11H,6-8H2. The number of hydrogen-bond donors (Lipinski definition) is 0. The second kappa shape index (κ2) is 3.61. The number of benzene rings is 1. The molecule has 2 atom stereocenters. The third-order valence-corrected chi connectivity index (χ3v) is 3.09. The van der Waals surface area contributed by atoms with Crippen molar-refractivity contribution in [1.29, 1.82) is 0 Å². The van der Waals surface area contributed by atoms with E-state index in [0.717, 1.165) is 17.2 Å². The van der Waals surface area contributed by atoms with Crippen molar-refractivity contribution in [3.05, 3.63) is 35.9 Å². The predicted molar refractivity (Wildman–Crippen MR) is 55.7 cm³/mol. The molecular formula is C11H13Br. The molecule has 12 heavy (non-hydrogen) atoms. The topological polar surface area (TPSA) is 0 Å². The lowest BCUT2D eigenvalue weighted by Gasteiger charge is -1.97. The highest BCUT2D eigenvalue weighted by Gasteiger charge is 2.36. The SMILES string of the molecule is BrCCC1CC1c1ccccc1. The van der Waals surface area contributed by atoms with Crippen molar-refractivity contribution in [2.75, 3.05) is 5.33 Å². The summed E-state index contributed by atoms with van der Waals surface area (Å²) in [5.41, 5.74) is 1.53. The second-order valence-electron chi connectivity index (χ2n) is 3.49. The fourth-order valence-electron chi connectivity index (χ4n) is 1.82. The van der Waals surface area contributed by atoms with Crippen LogP contribution in [-0.4, -0.2) is 5.33 Å². The molecule has 0 heterocycles. The molecule has 2 unspecified atom stereocenters. The van der Waals surface area contributed by atoms with Crippen LogP contribution in [0, 0.1) is 5.92 Å². The Kier molecular flexibility index (Phi) is 2.50. The molecule has 1 fully saturated rings. The number of hydrogen-bond acceptors (Lipinski definition) is 0. The van der Waals surface area contributed by atoms with Crippen LogP contribution in [0.2, 0.25) is 0 Å². The van der Waals surface area contributed by atoms with E-state index < -0.39 is 0 Å². The first-order chi connectivity index (χ1) is 5.92. The zero-order valence-corrected chi connectivity index (χ0v) is 8.63. The first-order valence-electron chi connectivity index (χ1n) is 4.52. The quantitative estimate of drug-likeness (QED) is 0.690. The molecule has 0 saturated heterocycles. The maximum Gasteiger partial charge on any atom is 0.00341 e. The van der Waals surface area contributed by atoms with Gasteiger partial charge in [-0.15, -0.1) is 0 Å². The minimum atomic E-state index is 0.865. The van der Waals surface area contributed by atoms with E-state index in [4.69, 9.17) is 0 Å². The van der Waals surface area contributed by atoms with Crippen LogP contribution in [0.5, 0.6) is 0 Å². The van der Waals surface area contributed by atoms with Gasteiger partial charge in [0.05, 0.1) is 0 Å². The van der Waals surface area contributed by atoms with Gasteiger partial charge in [0.1, 0.15) is 0 Å². The summed E-state index contributed by atoms with van der Waals surface area (Å²) < 4.78 is 0. The minimum absolute atomic E-state index is 0.865. The van der Waals surface area contributed by atoms with E-state index in [2.05, 4.69) is 46.3 Å². The van der Waals surface area contributed by atoms with Gasteiger partial charge in [0.25, 0.3) is 0 Å². The molecule has 0 amide bonds. The van der Waals surface area contributed by atoms with E-state index in [1.165, 1.54) is 18.4 Å². The summed E-state index contributed by atoms with van der Waals surface area (Å²) in [6.45, 7) is 0. The third-order valence-electron chi connectivity index (χ3n) is 2.63. The first kappa shape index (κ1) is 8.31. The van der Waals surface area contributed by atoms with Crippen LogP contribution in [0.1, 0.15) is 24.3 Å². The molecule has 1 aliphatic rings. The Balaban J connectivity index is 1.97. The highest BCUT2D eigenvalue weighted by molar-refractivity contribution is 9.09. The first-order valence-corrected chi connectivity index (χ1v) is 5.65. The summed E-state index contributed by atoms with van der Waals surface area (Å²) in [7, 11) is 0. The summed E-state index contributed by atoms with van der Waals surface area (Å²) in [5, 5.41) is 1.15. The number of rotatable bonds is 3. The molecule has 64 valence electrons. The highest BCUT2D eigenvalue weighted by atomic mass is 79.9. The van der Waals surface area contributed by atoms with Crippen LogP contribution in [0.25, 0.3) is 0 Å². The smallest absolute Gasteiger partial charge is 0.00341 e. The Labute approximate surface area is 82.1 Å². The molecule has 2 rings (SSSR count). The highest BCUT2D eigenvalue weighted by Crippen LogP contribution is 2.49. The molecule has 0 aliphatic heterocycles. The second-order valence-corrected chi connectivity index (χ2v) is 4.28. The molecule has 0 aromatic heterocycles. The summed E-state index contributed by atoms with van der Waals surface area (Å²) in [6, 6.07) is 10.9. The van der Waals surface area contributed by atoms with E-state index in [1.54, 1.807) is 0 Å². The van der Waals surface area contributed by atoms with Gasteiger partial charge in [-0.2, -0.15) is 0 Å². The lowest BCUT2D eigenvalue weighted by atomic mass is 10.1. The fourth-order valence-corrected chi connectivity index (χ4v) is 2.40. The maximum atomic E-state index is 3.49.